The molecule has 5 aliphatic carbocycles. The van der Waals surface area contributed by atoms with Gasteiger partial charge in [-0.2, -0.15) is 0 Å². The SMILES string of the molecule is C[C@H](C(=O)NC1CCCC1)N(Cc1c(Cl)cccc1Cl)C(=O)CN(c1ccc(C23CC4CC(CC(C4)C2)C3)cc1)S(C)(=O)=O. The summed E-state index contributed by atoms with van der Waals surface area (Å²) in [5, 5.41) is 3.82. The standard InChI is InChI=1S/C34H43Cl2N3O4S/c1-22(33(41)37-27-6-3-4-7-27)38(20-29-30(35)8-5-9-31(29)36)32(40)21-39(44(2,42)43)28-12-10-26(11-13-28)34-17-23-14-24(18-34)16-25(15-23)19-34/h5,8-13,22-25,27H,3-4,6-7,14-21H2,1-2H3,(H,37,41)/t22-,23?,24?,25?,34?/m1/s1. The highest BCUT2D eigenvalue weighted by Crippen LogP contribution is 2.60. The quantitative estimate of drug-likeness (QED) is 0.307. The first-order valence-corrected chi connectivity index (χ1v) is 18.6. The fourth-order valence-electron chi connectivity index (χ4n) is 8.89. The number of benzene rings is 2. The number of rotatable bonds is 10. The van der Waals surface area contributed by atoms with Crippen LogP contribution in [0.5, 0.6) is 0 Å². The van der Waals surface area contributed by atoms with Gasteiger partial charge < -0.3 is 10.2 Å². The summed E-state index contributed by atoms with van der Waals surface area (Å²) in [6, 6.07) is 12.1. The first kappa shape index (κ1) is 31.7. The Morgan fingerprint density at radius 2 is 1.48 bits per heavy atom. The van der Waals surface area contributed by atoms with Crippen LogP contribution in [0.2, 0.25) is 10.0 Å². The molecule has 1 atom stereocenters. The Hall–Kier alpha value is -2.29. The van der Waals surface area contributed by atoms with Crippen LogP contribution in [-0.4, -0.2) is 50.0 Å². The number of nitrogens with one attached hydrogen (secondary N) is 1. The van der Waals surface area contributed by atoms with E-state index in [2.05, 4.69) is 17.4 Å². The average Bonchev–Trinajstić information content (AvgIpc) is 3.47. The largest absolute Gasteiger partial charge is 0.352 e. The average molecular weight is 661 g/mol. The lowest BCUT2D eigenvalue weighted by Gasteiger charge is -2.57. The van der Waals surface area contributed by atoms with Crippen LogP contribution in [0.4, 0.5) is 5.69 Å². The number of carbonyl (C=O) groups is 2. The summed E-state index contributed by atoms with van der Waals surface area (Å²) in [6.45, 7) is 1.19. The third kappa shape index (κ3) is 6.50. The summed E-state index contributed by atoms with van der Waals surface area (Å²) in [6.07, 6.45) is 12.8. The second kappa shape index (κ2) is 12.5. The molecule has 0 spiro atoms. The van der Waals surface area contributed by atoms with Crippen molar-refractivity contribution < 1.29 is 18.0 Å². The van der Waals surface area contributed by atoms with Gasteiger partial charge in [0.1, 0.15) is 12.6 Å². The summed E-state index contributed by atoms with van der Waals surface area (Å²) in [7, 11) is -3.82. The Bertz CT molecular complexity index is 1450. The van der Waals surface area contributed by atoms with Gasteiger partial charge in [0.05, 0.1) is 11.9 Å². The Morgan fingerprint density at radius 3 is 2.00 bits per heavy atom. The molecular weight excluding hydrogens is 617 g/mol. The first-order chi connectivity index (χ1) is 20.9. The molecule has 0 radical (unpaired) electrons. The van der Waals surface area contributed by atoms with E-state index < -0.39 is 28.5 Å². The van der Waals surface area contributed by atoms with E-state index in [-0.39, 0.29) is 23.9 Å². The molecule has 0 heterocycles. The minimum atomic E-state index is -3.82. The van der Waals surface area contributed by atoms with E-state index in [1.807, 2.05) is 12.1 Å². The lowest BCUT2D eigenvalue weighted by atomic mass is 9.48. The van der Waals surface area contributed by atoms with Crippen LogP contribution < -0.4 is 9.62 Å². The first-order valence-electron chi connectivity index (χ1n) is 16.0. The molecule has 0 saturated heterocycles. The maximum absolute atomic E-state index is 14.0. The van der Waals surface area contributed by atoms with Gasteiger partial charge in [0, 0.05) is 28.2 Å². The highest BCUT2D eigenvalue weighted by molar-refractivity contribution is 7.92. The molecule has 5 saturated carbocycles. The molecule has 2 aromatic rings. The fourth-order valence-corrected chi connectivity index (χ4v) is 10.3. The topological polar surface area (TPSA) is 86.8 Å². The van der Waals surface area contributed by atoms with E-state index in [1.165, 1.54) is 49.0 Å². The van der Waals surface area contributed by atoms with Crippen LogP contribution in [0.1, 0.15) is 82.3 Å². The highest BCUT2D eigenvalue weighted by atomic mass is 35.5. The molecule has 4 bridgehead atoms. The number of anilines is 1. The van der Waals surface area contributed by atoms with Crippen LogP contribution in [0.15, 0.2) is 42.5 Å². The van der Waals surface area contributed by atoms with E-state index in [0.29, 0.717) is 21.3 Å². The van der Waals surface area contributed by atoms with Gasteiger partial charge in [-0.25, -0.2) is 8.42 Å². The number of hydrogen-bond acceptors (Lipinski definition) is 4. The molecule has 2 amide bonds. The second-order valence-corrected chi connectivity index (χ2v) is 16.6. The molecule has 10 heteroatoms. The van der Waals surface area contributed by atoms with Crippen LogP contribution in [0.3, 0.4) is 0 Å². The molecular formula is C34H43Cl2N3O4S. The molecule has 7 rings (SSSR count). The molecule has 2 aromatic carbocycles. The van der Waals surface area contributed by atoms with Gasteiger partial charge in [-0.1, -0.05) is 54.2 Å². The van der Waals surface area contributed by atoms with Crippen LogP contribution in [-0.2, 0) is 31.6 Å². The number of carbonyl (C=O) groups excluding carboxylic acids is 2. The van der Waals surface area contributed by atoms with E-state index in [0.717, 1.165) is 54.0 Å². The van der Waals surface area contributed by atoms with Gasteiger partial charge in [0.2, 0.25) is 21.8 Å². The number of hydrogen-bond donors (Lipinski definition) is 1. The molecule has 238 valence electrons. The summed E-state index contributed by atoms with van der Waals surface area (Å²) in [4.78, 5) is 28.8. The summed E-state index contributed by atoms with van der Waals surface area (Å²) in [5.74, 6) is 1.62. The van der Waals surface area contributed by atoms with Crippen molar-refractivity contribution in [3.05, 3.63) is 63.6 Å². The molecule has 5 aliphatic rings. The summed E-state index contributed by atoms with van der Waals surface area (Å²) >= 11 is 12.9. The number of nitrogens with zero attached hydrogens (tertiary/aromatic N) is 2. The van der Waals surface area contributed by atoms with Crippen LogP contribution in [0.25, 0.3) is 0 Å². The van der Waals surface area contributed by atoms with E-state index in [1.54, 1.807) is 25.1 Å². The maximum Gasteiger partial charge on any atom is 0.244 e. The van der Waals surface area contributed by atoms with Crippen LogP contribution in [0, 0.1) is 17.8 Å². The molecule has 7 nitrogen and oxygen atoms in total. The van der Waals surface area contributed by atoms with Crippen molar-refractivity contribution in [1.82, 2.24) is 10.2 Å². The van der Waals surface area contributed by atoms with E-state index >= 15 is 0 Å². The zero-order valence-electron chi connectivity index (χ0n) is 25.6. The van der Waals surface area contributed by atoms with Gasteiger partial charge in [-0.15, -0.1) is 0 Å². The summed E-state index contributed by atoms with van der Waals surface area (Å²) in [5.41, 5.74) is 2.42. The van der Waals surface area contributed by atoms with Crippen molar-refractivity contribution in [1.29, 1.82) is 0 Å². The van der Waals surface area contributed by atoms with E-state index in [9.17, 15) is 18.0 Å². The number of halogens is 2. The normalized spacial score (nSPS) is 26.9. The third-order valence-electron chi connectivity index (χ3n) is 10.7. The lowest BCUT2D eigenvalue weighted by Crippen LogP contribution is -2.52. The van der Waals surface area contributed by atoms with Crippen molar-refractivity contribution >= 4 is 50.7 Å². The Kier molecular flexibility index (Phi) is 8.99. The van der Waals surface area contributed by atoms with Crippen molar-refractivity contribution in [2.75, 3.05) is 17.1 Å². The monoisotopic (exact) mass is 659 g/mol. The predicted octanol–water partition coefficient (Wildman–Crippen LogP) is 6.70. The van der Waals surface area contributed by atoms with Gasteiger partial charge in [-0.3, -0.25) is 13.9 Å². The molecule has 0 unspecified atom stereocenters. The predicted molar refractivity (Wildman–Crippen MR) is 175 cm³/mol. The van der Waals surface area contributed by atoms with Crippen molar-refractivity contribution in [3.63, 3.8) is 0 Å². The molecule has 1 N–H and O–H groups in total. The van der Waals surface area contributed by atoms with Gasteiger partial charge in [-0.05, 0) is 111 Å². The van der Waals surface area contributed by atoms with E-state index in [4.69, 9.17) is 23.2 Å². The minimum absolute atomic E-state index is 0.0286. The number of sulfonamides is 1. The zero-order valence-corrected chi connectivity index (χ0v) is 27.9. The van der Waals surface area contributed by atoms with Crippen molar-refractivity contribution in [3.8, 4) is 0 Å². The zero-order chi connectivity index (χ0) is 31.2. The van der Waals surface area contributed by atoms with Gasteiger partial charge in [0.15, 0.2) is 0 Å². The minimum Gasteiger partial charge on any atom is -0.352 e. The lowest BCUT2D eigenvalue weighted by molar-refractivity contribution is -0.139. The third-order valence-corrected chi connectivity index (χ3v) is 12.6. The summed E-state index contributed by atoms with van der Waals surface area (Å²) < 4.78 is 27.4. The molecule has 5 fully saturated rings. The Balaban J connectivity index is 1.25. The molecule has 44 heavy (non-hydrogen) atoms. The Labute approximate surface area is 271 Å². The molecule has 0 aromatic heterocycles. The van der Waals surface area contributed by atoms with Crippen LogP contribution >= 0.6 is 23.2 Å². The maximum atomic E-state index is 14.0. The number of amides is 2. The van der Waals surface area contributed by atoms with Crippen molar-refractivity contribution in [2.45, 2.75) is 95.2 Å². The van der Waals surface area contributed by atoms with Gasteiger partial charge >= 0.3 is 0 Å². The fraction of sp³-hybridized carbons (Fsp3) is 0.588. The second-order valence-electron chi connectivity index (χ2n) is 13.9. The highest BCUT2D eigenvalue weighted by Gasteiger charge is 2.51. The smallest absolute Gasteiger partial charge is 0.244 e. The Morgan fingerprint density at radius 1 is 0.932 bits per heavy atom. The van der Waals surface area contributed by atoms with Crippen molar-refractivity contribution in [2.24, 2.45) is 17.8 Å². The molecule has 0 aliphatic heterocycles. The van der Waals surface area contributed by atoms with Gasteiger partial charge in [0.25, 0.3) is 0 Å².